The quantitative estimate of drug-likeness (QED) is 0.616. The fourth-order valence-electron chi connectivity index (χ4n) is 1.17. The average Bonchev–Trinajstić information content (AvgIpc) is 2.56. The van der Waals surface area contributed by atoms with E-state index in [9.17, 15) is 9.59 Å². The largest absolute Gasteiger partial charge is 0.385 e. The topological polar surface area (TPSA) is 78.2 Å². The zero-order chi connectivity index (χ0) is 12.0. The second-order valence-electron chi connectivity index (χ2n) is 3.38. The van der Waals surface area contributed by atoms with Crippen LogP contribution in [0.3, 0.4) is 0 Å². The summed E-state index contributed by atoms with van der Waals surface area (Å²) in [7, 11) is 3.19. The highest BCUT2D eigenvalue weighted by molar-refractivity contribution is 5.75. The lowest BCUT2D eigenvalue weighted by atomic mass is 10.4. The number of carbonyl (C=O) groups is 1. The van der Waals surface area contributed by atoms with Crippen LogP contribution >= 0.6 is 0 Å². The monoisotopic (exact) mass is 228 g/mol. The van der Waals surface area contributed by atoms with E-state index in [1.54, 1.807) is 14.2 Å². The summed E-state index contributed by atoms with van der Waals surface area (Å²) >= 11 is 0. The molecule has 0 aromatic carbocycles. The van der Waals surface area contributed by atoms with Crippen molar-refractivity contribution in [2.45, 2.75) is 13.0 Å². The lowest BCUT2D eigenvalue weighted by molar-refractivity contribution is -0.121. The third-order valence-corrected chi connectivity index (χ3v) is 2.03. The van der Waals surface area contributed by atoms with Gasteiger partial charge in [-0.05, 0) is 6.42 Å². The maximum atomic E-state index is 11.4. The van der Waals surface area contributed by atoms with Crippen molar-refractivity contribution in [3.63, 3.8) is 0 Å². The number of hydrogen-bond acceptors (Lipinski definition) is 4. The number of methoxy groups -OCH3 is 1. The molecule has 0 fully saturated rings. The first-order chi connectivity index (χ1) is 7.65. The Labute approximate surface area is 93.0 Å². The molecule has 0 aliphatic carbocycles. The summed E-state index contributed by atoms with van der Waals surface area (Å²) in [5.74, 6) is -0.225. The Morgan fingerprint density at radius 3 is 2.94 bits per heavy atom. The molecule has 0 saturated heterocycles. The van der Waals surface area contributed by atoms with Gasteiger partial charge in [0.05, 0.1) is 0 Å². The molecule has 1 rings (SSSR count). The minimum atomic E-state index is -0.299. The molecule has 90 valence electrons. The Morgan fingerprint density at radius 2 is 2.38 bits per heavy atom. The molecule has 7 nitrogen and oxygen atoms in total. The summed E-state index contributed by atoms with van der Waals surface area (Å²) in [5, 5.41) is 6.46. The smallest absolute Gasteiger partial charge is 0.345 e. The Hall–Kier alpha value is -1.63. The zero-order valence-electron chi connectivity index (χ0n) is 9.47. The molecule has 7 heteroatoms. The van der Waals surface area contributed by atoms with E-state index in [4.69, 9.17) is 4.74 Å². The summed E-state index contributed by atoms with van der Waals surface area (Å²) < 4.78 is 7.28. The lowest BCUT2D eigenvalue weighted by Gasteiger charge is -2.03. The van der Waals surface area contributed by atoms with Crippen LogP contribution in [0.2, 0.25) is 0 Å². The van der Waals surface area contributed by atoms with E-state index in [1.165, 1.54) is 10.9 Å². The summed E-state index contributed by atoms with van der Waals surface area (Å²) in [6, 6.07) is 0. The van der Waals surface area contributed by atoms with E-state index in [1.807, 2.05) is 0 Å². The summed E-state index contributed by atoms with van der Waals surface area (Å²) in [6.45, 7) is 1.09. The highest BCUT2D eigenvalue weighted by Crippen LogP contribution is 1.80. The van der Waals surface area contributed by atoms with Gasteiger partial charge in [-0.2, -0.15) is 5.10 Å². The van der Waals surface area contributed by atoms with Gasteiger partial charge in [-0.25, -0.2) is 9.48 Å². The van der Waals surface area contributed by atoms with Crippen LogP contribution in [0.5, 0.6) is 0 Å². The number of nitrogens with zero attached hydrogens (tertiary/aromatic N) is 3. The van der Waals surface area contributed by atoms with Crippen LogP contribution in [0.1, 0.15) is 6.42 Å². The van der Waals surface area contributed by atoms with Crippen LogP contribution in [0.4, 0.5) is 0 Å². The van der Waals surface area contributed by atoms with Crippen molar-refractivity contribution in [1.29, 1.82) is 0 Å². The van der Waals surface area contributed by atoms with Gasteiger partial charge in [0, 0.05) is 27.3 Å². The van der Waals surface area contributed by atoms with Crippen molar-refractivity contribution in [1.82, 2.24) is 19.7 Å². The van der Waals surface area contributed by atoms with Crippen LogP contribution in [0, 0.1) is 0 Å². The second kappa shape index (κ2) is 6.06. The average molecular weight is 228 g/mol. The van der Waals surface area contributed by atoms with Gasteiger partial charge in [-0.15, -0.1) is 0 Å². The van der Waals surface area contributed by atoms with Gasteiger partial charge in [-0.3, -0.25) is 9.36 Å². The number of ether oxygens (including phenoxy) is 1. The maximum Gasteiger partial charge on any atom is 0.345 e. The predicted octanol–water partition coefficient (Wildman–Crippen LogP) is -1.27. The first-order valence-corrected chi connectivity index (χ1v) is 4.99. The number of amides is 1. The van der Waals surface area contributed by atoms with Gasteiger partial charge in [0.2, 0.25) is 5.91 Å². The first kappa shape index (κ1) is 12.4. The minimum absolute atomic E-state index is 0.0490. The van der Waals surface area contributed by atoms with Crippen molar-refractivity contribution < 1.29 is 9.53 Å². The Morgan fingerprint density at radius 1 is 1.62 bits per heavy atom. The molecule has 1 N–H and O–H groups in total. The summed E-state index contributed by atoms with van der Waals surface area (Å²) in [5.41, 5.74) is -0.299. The van der Waals surface area contributed by atoms with Gasteiger partial charge in [0.1, 0.15) is 12.9 Å². The zero-order valence-corrected chi connectivity index (χ0v) is 9.47. The van der Waals surface area contributed by atoms with Crippen molar-refractivity contribution in [2.24, 2.45) is 7.05 Å². The van der Waals surface area contributed by atoms with E-state index in [2.05, 4.69) is 10.4 Å². The SMILES string of the molecule is COCCCNC(=O)Cn1ncn(C)c1=O. The van der Waals surface area contributed by atoms with Crippen LogP contribution in [0.15, 0.2) is 11.1 Å². The van der Waals surface area contributed by atoms with Crippen molar-refractivity contribution in [3.8, 4) is 0 Å². The predicted molar refractivity (Wildman–Crippen MR) is 57.0 cm³/mol. The molecule has 1 aromatic heterocycles. The number of carbonyl (C=O) groups excluding carboxylic acids is 1. The third kappa shape index (κ3) is 3.50. The van der Waals surface area contributed by atoms with Gasteiger partial charge in [-0.1, -0.05) is 0 Å². The van der Waals surface area contributed by atoms with Crippen LogP contribution in [-0.2, 0) is 23.1 Å². The van der Waals surface area contributed by atoms with E-state index in [-0.39, 0.29) is 18.1 Å². The highest BCUT2D eigenvalue weighted by Gasteiger charge is 2.06. The van der Waals surface area contributed by atoms with Crippen LogP contribution in [0.25, 0.3) is 0 Å². The van der Waals surface area contributed by atoms with Gasteiger partial charge >= 0.3 is 5.69 Å². The molecule has 16 heavy (non-hydrogen) atoms. The fraction of sp³-hybridized carbons (Fsp3) is 0.667. The molecular weight excluding hydrogens is 212 g/mol. The summed E-state index contributed by atoms with van der Waals surface area (Å²) in [6.07, 6.45) is 2.12. The minimum Gasteiger partial charge on any atom is -0.385 e. The Kier molecular flexibility index (Phi) is 4.71. The molecule has 0 unspecified atom stereocenters. The number of aromatic nitrogens is 3. The third-order valence-electron chi connectivity index (χ3n) is 2.03. The van der Waals surface area contributed by atoms with Gasteiger partial charge < -0.3 is 10.1 Å². The maximum absolute atomic E-state index is 11.4. The molecule has 0 aliphatic heterocycles. The fourth-order valence-corrected chi connectivity index (χ4v) is 1.17. The Balaban J connectivity index is 2.35. The highest BCUT2D eigenvalue weighted by atomic mass is 16.5. The van der Waals surface area contributed by atoms with Gasteiger partial charge in [0.15, 0.2) is 0 Å². The molecule has 0 aliphatic rings. The molecule has 0 saturated carbocycles. The van der Waals surface area contributed by atoms with Crippen LogP contribution < -0.4 is 11.0 Å². The lowest BCUT2D eigenvalue weighted by Crippen LogP contribution is -2.34. The standard InChI is InChI=1S/C9H16N4O3/c1-12-7-11-13(9(12)15)6-8(14)10-4-3-5-16-2/h7H,3-6H2,1-2H3,(H,10,14). The number of rotatable bonds is 6. The first-order valence-electron chi connectivity index (χ1n) is 4.99. The molecular formula is C9H16N4O3. The van der Waals surface area contributed by atoms with Crippen molar-refractivity contribution in [2.75, 3.05) is 20.3 Å². The van der Waals surface area contributed by atoms with E-state index < -0.39 is 0 Å². The van der Waals surface area contributed by atoms with Crippen LogP contribution in [-0.4, -0.2) is 40.5 Å². The molecule has 0 spiro atoms. The van der Waals surface area contributed by atoms with E-state index >= 15 is 0 Å². The van der Waals surface area contributed by atoms with Crippen molar-refractivity contribution >= 4 is 5.91 Å². The second-order valence-corrected chi connectivity index (χ2v) is 3.38. The number of nitrogens with one attached hydrogen (secondary N) is 1. The number of aryl methyl sites for hydroxylation is 1. The van der Waals surface area contributed by atoms with E-state index in [0.29, 0.717) is 13.2 Å². The Bertz CT molecular complexity index is 396. The molecule has 0 atom stereocenters. The number of hydrogen-bond donors (Lipinski definition) is 1. The van der Waals surface area contributed by atoms with E-state index in [0.717, 1.165) is 11.1 Å². The molecule has 1 aromatic rings. The normalized spacial score (nSPS) is 10.4. The molecule has 0 radical (unpaired) electrons. The molecule has 1 heterocycles. The van der Waals surface area contributed by atoms with Gasteiger partial charge in [0.25, 0.3) is 0 Å². The summed E-state index contributed by atoms with van der Waals surface area (Å²) in [4.78, 5) is 22.7. The molecule has 1 amide bonds. The van der Waals surface area contributed by atoms with Crippen molar-refractivity contribution in [3.05, 3.63) is 16.8 Å². The molecule has 0 bridgehead atoms.